The van der Waals surface area contributed by atoms with Gasteiger partial charge in [0.1, 0.15) is 12.1 Å². The first-order chi connectivity index (χ1) is 8.68. The molecule has 0 amide bonds. The number of esters is 1. The zero-order chi connectivity index (χ0) is 12.8. The van der Waals surface area contributed by atoms with Gasteiger partial charge in [0.2, 0.25) is 0 Å². The minimum atomic E-state index is -0.242. The largest absolute Gasteiger partial charge is 0.458 e. The minimum absolute atomic E-state index is 0.164. The average Bonchev–Trinajstić information content (AvgIpc) is 2.38. The summed E-state index contributed by atoms with van der Waals surface area (Å²) >= 11 is 0. The van der Waals surface area contributed by atoms with Crippen LogP contribution in [0.15, 0.2) is 30.3 Å². The Bertz CT molecular complexity index is 383. The molecule has 1 aliphatic carbocycles. The van der Waals surface area contributed by atoms with Crippen molar-refractivity contribution < 1.29 is 9.53 Å². The van der Waals surface area contributed by atoms with E-state index < -0.39 is 0 Å². The summed E-state index contributed by atoms with van der Waals surface area (Å²) in [5, 5.41) is 3.08. The predicted molar refractivity (Wildman–Crippen MR) is 72.5 cm³/mol. The molecule has 1 aromatic rings. The second kappa shape index (κ2) is 5.89. The predicted octanol–water partition coefficient (Wildman–Crippen LogP) is 3.36. The van der Waals surface area contributed by atoms with E-state index in [4.69, 9.17) is 4.74 Å². The first-order valence-corrected chi connectivity index (χ1v) is 6.69. The molecule has 0 atom stereocenters. The Morgan fingerprint density at radius 1 is 1.22 bits per heavy atom. The molecule has 2 rings (SSSR count). The third kappa shape index (κ3) is 3.76. The highest BCUT2D eigenvalue weighted by molar-refractivity contribution is 5.75. The molecule has 0 aromatic heterocycles. The molecule has 1 aromatic carbocycles. The highest BCUT2D eigenvalue weighted by Gasteiger charge is 2.30. The summed E-state index contributed by atoms with van der Waals surface area (Å²) in [6.45, 7) is 2.28. The van der Waals surface area contributed by atoms with Crippen LogP contribution in [0.4, 0.5) is 5.69 Å². The van der Waals surface area contributed by atoms with Crippen molar-refractivity contribution in [1.29, 1.82) is 0 Å². The zero-order valence-electron chi connectivity index (χ0n) is 10.9. The van der Waals surface area contributed by atoms with Crippen LogP contribution in [0.1, 0.15) is 39.0 Å². The fourth-order valence-electron chi connectivity index (χ4n) is 2.44. The lowest BCUT2D eigenvalue weighted by Gasteiger charge is -2.33. The second-order valence-electron chi connectivity index (χ2n) is 5.20. The molecule has 98 valence electrons. The molecular weight excluding hydrogens is 226 g/mol. The summed E-state index contributed by atoms with van der Waals surface area (Å²) in [6.07, 6.45) is 5.56. The standard InChI is InChI=1S/C15H21NO2/c1-15(10-6-3-7-11-15)18-14(17)12-16-13-8-4-2-5-9-13/h2,4-5,8-9,16H,3,6-7,10-12H2,1H3. The molecule has 18 heavy (non-hydrogen) atoms. The van der Waals surface area contributed by atoms with E-state index >= 15 is 0 Å². The zero-order valence-corrected chi connectivity index (χ0v) is 10.9. The van der Waals surface area contributed by atoms with Crippen molar-refractivity contribution in [2.75, 3.05) is 11.9 Å². The van der Waals surface area contributed by atoms with E-state index in [0.717, 1.165) is 31.4 Å². The van der Waals surface area contributed by atoms with E-state index in [-0.39, 0.29) is 18.1 Å². The summed E-state index contributed by atoms with van der Waals surface area (Å²) in [7, 11) is 0. The van der Waals surface area contributed by atoms with Crippen molar-refractivity contribution in [3.05, 3.63) is 30.3 Å². The van der Waals surface area contributed by atoms with Gasteiger partial charge in [-0.1, -0.05) is 24.6 Å². The van der Waals surface area contributed by atoms with Crippen LogP contribution in [0.25, 0.3) is 0 Å². The van der Waals surface area contributed by atoms with E-state index in [1.165, 1.54) is 6.42 Å². The average molecular weight is 247 g/mol. The third-order valence-electron chi connectivity index (χ3n) is 3.48. The number of rotatable bonds is 4. The van der Waals surface area contributed by atoms with E-state index in [2.05, 4.69) is 5.32 Å². The maximum absolute atomic E-state index is 11.8. The lowest BCUT2D eigenvalue weighted by Crippen LogP contribution is -2.35. The van der Waals surface area contributed by atoms with E-state index in [9.17, 15) is 4.79 Å². The van der Waals surface area contributed by atoms with Crippen LogP contribution >= 0.6 is 0 Å². The third-order valence-corrected chi connectivity index (χ3v) is 3.48. The highest BCUT2D eigenvalue weighted by atomic mass is 16.6. The van der Waals surface area contributed by atoms with Crippen molar-refractivity contribution in [2.45, 2.75) is 44.6 Å². The lowest BCUT2D eigenvalue weighted by atomic mass is 9.86. The van der Waals surface area contributed by atoms with Gasteiger partial charge >= 0.3 is 5.97 Å². The fraction of sp³-hybridized carbons (Fsp3) is 0.533. The Labute approximate surface area is 109 Å². The summed E-state index contributed by atoms with van der Waals surface area (Å²) < 4.78 is 5.60. The van der Waals surface area contributed by atoms with Crippen molar-refractivity contribution in [3.63, 3.8) is 0 Å². The maximum atomic E-state index is 11.8. The molecule has 3 nitrogen and oxygen atoms in total. The number of hydrogen-bond donors (Lipinski definition) is 1. The van der Waals surface area contributed by atoms with E-state index in [0.29, 0.717) is 0 Å². The Morgan fingerprint density at radius 3 is 2.56 bits per heavy atom. The first kappa shape index (κ1) is 12.9. The first-order valence-electron chi connectivity index (χ1n) is 6.69. The van der Waals surface area contributed by atoms with Crippen molar-refractivity contribution in [3.8, 4) is 0 Å². The molecule has 0 spiro atoms. The van der Waals surface area contributed by atoms with Gasteiger partial charge in [-0.3, -0.25) is 4.79 Å². The summed E-state index contributed by atoms with van der Waals surface area (Å²) in [5.41, 5.74) is 0.705. The summed E-state index contributed by atoms with van der Waals surface area (Å²) in [4.78, 5) is 11.8. The molecule has 1 N–H and O–H groups in total. The Kier molecular flexibility index (Phi) is 4.24. The van der Waals surface area contributed by atoms with Crippen LogP contribution in [0, 0.1) is 0 Å². The topological polar surface area (TPSA) is 38.3 Å². The molecule has 1 aliphatic rings. The van der Waals surface area contributed by atoms with Gasteiger partial charge in [-0.15, -0.1) is 0 Å². The Balaban J connectivity index is 1.78. The number of benzene rings is 1. The molecule has 0 aliphatic heterocycles. The van der Waals surface area contributed by atoms with Crippen LogP contribution in [0.5, 0.6) is 0 Å². The van der Waals surface area contributed by atoms with Gasteiger partial charge in [-0.2, -0.15) is 0 Å². The van der Waals surface area contributed by atoms with E-state index in [1.54, 1.807) is 0 Å². The molecule has 3 heteroatoms. The lowest BCUT2D eigenvalue weighted by molar-refractivity contribution is -0.158. The number of hydrogen-bond acceptors (Lipinski definition) is 3. The van der Waals surface area contributed by atoms with Crippen LogP contribution in [0.2, 0.25) is 0 Å². The van der Waals surface area contributed by atoms with Crippen LogP contribution in [-0.4, -0.2) is 18.1 Å². The summed E-state index contributed by atoms with van der Waals surface area (Å²) in [5.74, 6) is -0.164. The number of carbonyl (C=O) groups is 1. The monoisotopic (exact) mass is 247 g/mol. The molecular formula is C15H21NO2. The van der Waals surface area contributed by atoms with Gasteiger partial charge in [0.05, 0.1) is 0 Å². The van der Waals surface area contributed by atoms with Gasteiger partial charge in [0, 0.05) is 5.69 Å². The molecule has 1 fully saturated rings. The number of carbonyl (C=O) groups excluding carboxylic acids is 1. The molecule has 1 saturated carbocycles. The van der Waals surface area contributed by atoms with Crippen molar-refractivity contribution in [2.24, 2.45) is 0 Å². The molecule has 0 unspecified atom stereocenters. The number of ether oxygens (including phenoxy) is 1. The molecule has 0 saturated heterocycles. The molecule has 0 bridgehead atoms. The highest BCUT2D eigenvalue weighted by Crippen LogP contribution is 2.31. The fourth-order valence-corrected chi connectivity index (χ4v) is 2.44. The maximum Gasteiger partial charge on any atom is 0.325 e. The Hall–Kier alpha value is -1.51. The quantitative estimate of drug-likeness (QED) is 0.829. The van der Waals surface area contributed by atoms with Gasteiger partial charge in [0.25, 0.3) is 0 Å². The van der Waals surface area contributed by atoms with Crippen LogP contribution in [-0.2, 0) is 9.53 Å². The van der Waals surface area contributed by atoms with Gasteiger partial charge in [0.15, 0.2) is 0 Å². The van der Waals surface area contributed by atoms with Crippen LogP contribution in [0.3, 0.4) is 0 Å². The van der Waals surface area contributed by atoms with Crippen molar-refractivity contribution in [1.82, 2.24) is 0 Å². The molecule has 0 radical (unpaired) electrons. The number of anilines is 1. The summed E-state index contributed by atoms with van der Waals surface area (Å²) in [6, 6.07) is 9.71. The van der Waals surface area contributed by atoms with Gasteiger partial charge < -0.3 is 10.1 Å². The van der Waals surface area contributed by atoms with Crippen molar-refractivity contribution >= 4 is 11.7 Å². The SMILES string of the molecule is CC1(OC(=O)CNc2ccccc2)CCCCC1. The minimum Gasteiger partial charge on any atom is -0.458 e. The van der Waals surface area contributed by atoms with E-state index in [1.807, 2.05) is 37.3 Å². The second-order valence-corrected chi connectivity index (χ2v) is 5.20. The number of nitrogens with one attached hydrogen (secondary N) is 1. The van der Waals surface area contributed by atoms with Gasteiger partial charge in [-0.25, -0.2) is 0 Å². The smallest absolute Gasteiger partial charge is 0.325 e. The van der Waals surface area contributed by atoms with Gasteiger partial charge in [-0.05, 0) is 44.7 Å². The Morgan fingerprint density at radius 2 is 1.89 bits per heavy atom. The van der Waals surface area contributed by atoms with Crippen LogP contribution < -0.4 is 5.32 Å². The number of para-hydroxylation sites is 1. The molecule has 0 heterocycles. The normalized spacial score (nSPS) is 18.1.